The average Bonchev–Trinajstić information content (AvgIpc) is 3.04. The Kier molecular flexibility index (Phi) is 3.92. The molecular weight excluding hydrogens is 312 g/mol. The van der Waals surface area contributed by atoms with E-state index in [4.69, 9.17) is 4.74 Å². The fourth-order valence-corrected chi connectivity index (χ4v) is 2.95. The number of aromatic nitrogens is 2. The number of methoxy groups -OCH3 is 1. The highest BCUT2D eigenvalue weighted by atomic mass is 32.2. The van der Waals surface area contributed by atoms with Gasteiger partial charge >= 0.3 is 0 Å². The predicted molar refractivity (Wildman–Crippen MR) is 88.7 cm³/mol. The first-order valence-corrected chi connectivity index (χ1v) is 8.86. The average molecular weight is 328 g/mol. The van der Waals surface area contributed by atoms with Gasteiger partial charge in [-0.15, -0.1) is 0 Å². The molecule has 0 N–H and O–H groups in total. The maximum Gasteiger partial charge on any atom is 0.175 e. The van der Waals surface area contributed by atoms with Gasteiger partial charge in [0.25, 0.3) is 0 Å². The summed E-state index contributed by atoms with van der Waals surface area (Å²) in [5.41, 5.74) is 1.80. The molecule has 0 atom stereocenters. The molecule has 0 aliphatic rings. The van der Waals surface area contributed by atoms with Gasteiger partial charge in [-0.3, -0.25) is 4.57 Å². The van der Waals surface area contributed by atoms with Crippen molar-refractivity contribution in [2.45, 2.75) is 4.90 Å². The summed E-state index contributed by atoms with van der Waals surface area (Å²) in [5, 5.41) is 0. The van der Waals surface area contributed by atoms with Crippen LogP contribution in [-0.4, -0.2) is 31.3 Å². The van der Waals surface area contributed by atoms with Crippen molar-refractivity contribution in [3.63, 3.8) is 0 Å². The molecule has 2 aromatic carbocycles. The van der Waals surface area contributed by atoms with Gasteiger partial charge in [0, 0.05) is 29.9 Å². The highest BCUT2D eigenvalue weighted by molar-refractivity contribution is 7.90. The Morgan fingerprint density at radius 2 is 1.65 bits per heavy atom. The van der Waals surface area contributed by atoms with E-state index in [0.29, 0.717) is 4.90 Å². The molecule has 0 saturated heterocycles. The highest BCUT2D eigenvalue weighted by Gasteiger charge is 2.10. The van der Waals surface area contributed by atoms with E-state index >= 15 is 0 Å². The molecule has 0 saturated carbocycles. The minimum absolute atomic E-state index is 0.298. The Morgan fingerprint density at radius 3 is 2.22 bits per heavy atom. The van der Waals surface area contributed by atoms with Gasteiger partial charge in [0.05, 0.1) is 12.0 Å². The maximum atomic E-state index is 11.5. The number of benzene rings is 2. The molecule has 118 valence electrons. The number of hydrogen-bond donors (Lipinski definition) is 0. The van der Waals surface area contributed by atoms with Crippen molar-refractivity contribution in [2.75, 3.05) is 13.4 Å². The lowest BCUT2D eigenvalue weighted by Crippen LogP contribution is -1.99. The van der Waals surface area contributed by atoms with Gasteiger partial charge in [0.15, 0.2) is 9.84 Å². The Morgan fingerprint density at radius 1 is 1.00 bits per heavy atom. The number of ether oxygens (including phenoxy) is 1. The molecule has 0 radical (unpaired) electrons. The van der Waals surface area contributed by atoms with Crippen LogP contribution in [0.1, 0.15) is 0 Å². The van der Waals surface area contributed by atoms with Gasteiger partial charge in [0.2, 0.25) is 0 Å². The number of hydrogen-bond acceptors (Lipinski definition) is 4. The molecule has 0 fully saturated rings. The largest absolute Gasteiger partial charge is 0.497 e. The van der Waals surface area contributed by atoms with Crippen LogP contribution in [0.25, 0.3) is 17.1 Å². The van der Waals surface area contributed by atoms with Crippen LogP contribution in [0.4, 0.5) is 0 Å². The normalized spacial score (nSPS) is 11.4. The van der Waals surface area contributed by atoms with Crippen molar-refractivity contribution in [1.29, 1.82) is 0 Å². The molecule has 0 amide bonds. The predicted octanol–water partition coefficient (Wildman–Crippen LogP) is 2.95. The first-order valence-electron chi connectivity index (χ1n) is 6.97. The van der Waals surface area contributed by atoms with Crippen molar-refractivity contribution >= 4 is 9.84 Å². The molecule has 3 aromatic rings. The molecule has 1 aromatic heterocycles. The maximum absolute atomic E-state index is 11.5. The Labute approximate surface area is 135 Å². The summed E-state index contributed by atoms with van der Waals surface area (Å²) < 4.78 is 30.2. The molecule has 5 nitrogen and oxygen atoms in total. The summed E-state index contributed by atoms with van der Waals surface area (Å²) in [6.07, 6.45) is 4.75. The third-order valence-electron chi connectivity index (χ3n) is 3.53. The van der Waals surface area contributed by atoms with E-state index in [1.165, 1.54) is 6.26 Å². The van der Waals surface area contributed by atoms with E-state index < -0.39 is 9.84 Å². The van der Waals surface area contributed by atoms with Gasteiger partial charge in [-0.1, -0.05) is 0 Å². The van der Waals surface area contributed by atoms with Crippen LogP contribution in [0.15, 0.2) is 65.8 Å². The Bertz CT molecular complexity index is 911. The zero-order valence-electron chi connectivity index (χ0n) is 12.8. The monoisotopic (exact) mass is 328 g/mol. The molecule has 0 unspecified atom stereocenters. The van der Waals surface area contributed by atoms with Crippen molar-refractivity contribution in [3.8, 4) is 22.8 Å². The first kappa shape index (κ1) is 15.3. The van der Waals surface area contributed by atoms with Crippen LogP contribution in [0.3, 0.4) is 0 Å². The van der Waals surface area contributed by atoms with Crippen LogP contribution < -0.4 is 4.74 Å². The van der Waals surface area contributed by atoms with Crippen molar-refractivity contribution in [1.82, 2.24) is 9.55 Å². The molecule has 23 heavy (non-hydrogen) atoms. The number of nitrogens with zero attached hydrogens (tertiary/aromatic N) is 2. The molecular formula is C17H16N2O3S. The van der Waals surface area contributed by atoms with Gasteiger partial charge in [-0.05, 0) is 48.5 Å². The zero-order chi connectivity index (χ0) is 16.4. The van der Waals surface area contributed by atoms with E-state index in [9.17, 15) is 8.42 Å². The second-order valence-electron chi connectivity index (χ2n) is 5.12. The van der Waals surface area contributed by atoms with E-state index in [1.807, 2.05) is 35.0 Å². The fourth-order valence-electron chi connectivity index (χ4n) is 2.32. The third-order valence-corrected chi connectivity index (χ3v) is 4.66. The summed E-state index contributed by atoms with van der Waals surface area (Å²) >= 11 is 0. The van der Waals surface area contributed by atoms with Crippen molar-refractivity contribution < 1.29 is 13.2 Å². The van der Waals surface area contributed by atoms with Gasteiger partial charge in [-0.25, -0.2) is 13.4 Å². The first-order chi connectivity index (χ1) is 11.0. The SMILES string of the molecule is COc1ccc(-c2nccn2-c2ccc(S(C)(=O)=O)cc2)cc1. The van der Waals surface area contributed by atoms with Crippen LogP contribution in [0.5, 0.6) is 5.75 Å². The molecule has 0 aliphatic carbocycles. The topological polar surface area (TPSA) is 61.2 Å². The van der Waals surface area contributed by atoms with E-state index in [0.717, 1.165) is 22.8 Å². The van der Waals surface area contributed by atoms with E-state index in [2.05, 4.69) is 4.98 Å². The third kappa shape index (κ3) is 3.12. The smallest absolute Gasteiger partial charge is 0.175 e. The van der Waals surface area contributed by atoms with Gasteiger partial charge < -0.3 is 4.74 Å². The minimum Gasteiger partial charge on any atom is -0.497 e. The van der Waals surface area contributed by atoms with Crippen LogP contribution in [-0.2, 0) is 9.84 Å². The van der Waals surface area contributed by atoms with Crippen LogP contribution in [0, 0.1) is 0 Å². The summed E-state index contributed by atoms with van der Waals surface area (Å²) in [4.78, 5) is 4.69. The van der Waals surface area contributed by atoms with Gasteiger partial charge in [0.1, 0.15) is 11.6 Å². The standard InChI is InChI=1S/C17H16N2O3S/c1-22-15-7-3-13(4-8-15)17-18-11-12-19(17)14-5-9-16(10-6-14)23(2,20)21/h3-12H,1-2H3. The summed E-state index contributed by atoms with van der Waals surface area (Å²) in [6, 6.07) is 14.4. The van der Waals surface area contributed by atoms with Crippen molar-refractivity contribution in [2.24, 2.45) is 0 Å². The number of imidazole rings is 1. The molecule has 0 aliphatic heterocycles. The van der Waals surface area contributed by atoms with Gasteiger partial charge in [-0.2, -0.15) is 0 Å². The second kappa shape index (κ2) is 5.89. The lowest BCUT2D eigenvalue weighted by Gasteiger charge is -2.09. The minimum atomic E-state index is -3.20. The summed E-state index contributed by atoms with van der Waals surface area (Å²) in [5.74, 6) is 1.56. The Hall–Kier alpha value is -2.60. The number of sulfone groups is 1. The second-order valence-corrected chi connectivity index (χ2v) is 7.13. The highest BCUT2D eigenvalue weighted by Crippen LogP contribution is 2.24. The quantitative estimate of drug-likeness (QED) is 0.739. The number of rotatable bonds is 4. The lowest BCUT2D eigenvalue weighted by molar-refractivity contribution is 0.415. The van der Waals surface area contributed by atoms with Crippen molar-refractivity contribution in [3.05, 3.63) is 60.9 Å². The molecule has 1 heterocycles. The summed E-state index contributed by atoms with van der Waals surface area (Å²) in [6.45, 7) is 0. The lowest BCUT2D eigenvalue weighted by atomic mass is 10.2. The van der Waals surface area contributed by atoms with E-state index in [-0.39, 0.29) is 0 Å². The molecule has 3 rings (SSSR count). The fraction of sp³-hybridized carbons (Fsp3) is 0.118. The molecule has 0 bridgehead atoms. The Balaban J connectivity index is 2.00. The van der Waals surface area contributed by atoms with E-state index in [1.54, 1.807) is 37.6 Å². The molecule has 6 heteroatoms. The van der Waals surface area contributed by atoms with Crippen LogP contribution in [0.2, 0.25) is 0 Å². The zero-order valence-corrected chi connectivity index (χ0v) is 13.6. The van der Waals surface area contributed by atoms with Crippen LogP contribution >= 0.6 is 0 Å². The molecule has 0 spiro atoms. The summed E-state index contributed by atoms with van der Waals surface area (Å²) in [7, 11) is -1.57.